The summed E-state index contributed by atoms with van der Waals surface area (Å²) in [5.41, 5.74) is 1.01. The number of halogens is 2. The minimum atomic E-state index is -0.379. The molecule has 3 rings (SSSR count). The van der Waals surface area contributed by atoms with E-state index in [0.717, 1.165) is 23.7 Å². The number of nitrogens with zero attached hydrogens (tertiary/aromatic N) is 2. The first-order valence-corrected chi connectivity index (χ1v) is 8.11. The Morgan fingerprint density at radius 2 is 2.38 bits per heavy atom. The summed E-state index contributed by atoms with van der Waals surface area (Å²) in [4.78, 5) is 6.65. The van der Waals surface area contributed by atoms with E-state index in [4.69, 9.17) is 16.3 Å². The third kappa shape index (κ3) is 3.26. The summed E-state index contributed by atoms with van der Waals surface area (Å²) in [6.07, 6.45) is 1.81. The maximum atomic E-state index is 13.3. The molecule has 1 fully saturated rings. The molecular formula is C15H16ClFN2OS. The standard InChI is InChI=1S/C15H16ClFN2OS/c1-10(11-2-3-13(17)12(16)8-11)19-5-6-20-14(9-19)15-18-4-7-21-15/h2-4,7-8,10,14H,5-6,9H2,1H3/t10-,14-/m0/s1. The molecule has 0 bridgehead atoms. The second kappa shape index (κ2) is 6.40. The van der Waals surface area contributed by atoms with E-state index in [9.17, 15) is 4.39 Å². The van der Waals surface area contributed by atoms with E-state index in [1.807, 2.05) is 5.38 Å². The van der Waals surface area contributed by atoms with Crippen LogP contribution >= 0.6 is 22.9 Å². The molecule has 0 spiro atoms. The van der Waals surface area contributed by atoms with Gasteiger partial charge in [0.1, 0.15) is 16.9 Å². The molecule has 2 atom stereocenters. The van der Waals surface area contributed by atoms with Crippen molar-refractivity contribution in [2.75, 3.05) is 19.7 Å². The highest BCUT2D eigenvalue weighted by Gasteiger charge is 2.27. The normalized spacial score (nSPS) is 21.4. The van der Waals surface area contributed by atoms with Crippen LogP contribution in [0.15, 0.2) is 29.8 Å². The van der Waals surface area contributed by atoms with Gasteiger partial charge in [-0.1, -0.05) is 17.7 Å². The third-order valence-corrected chi connectivity index (χ3v) is 4.96. The first kappa shape index (κ1) is 14.9. The lowest BCUT2D eigenvalue weighted by molar-refractivity contribution is -0.0432. The van der Waals surface area contributed by atoms with E-state index in [0.29, 0.717) is 6.61 Å². The van der Waals surface area contributed by atoms with Crippen molar-refractivity contribution in [3.63, 3.8) is 0 Å². The number of aromatic nitrogens is 1. The zero-order chi connectivity index (χ0) is 14.8. The maximum Gasteiger partial charge on any atom is 0.141 e. The smallest absolute Gasteiger partial charge is 0.141 e. The van der Waals surface area contributed by atoms with Crippen LogP contribution in [-0.2, 0) is 4.74 Å². The van der Waals surface area contributed by atoms with E-state index < -0.39 is 0 Å². The van der Waals surface area contributed by atoms with Crippen LogP contribution in [0.1, 0.15) is 29.6 Å². The van der Waals surface area contributed by atoms with Gasteiger partial charge in [-0.15, -0.1) is 11.3 Å². The molecule has 2 aromatic rings. The first-order chi connectivity index (χ1) is 10.1. The molecule has 1 aromatic carbocycles. The summed E-state index contributed by atoms with van der Waals surface area (Å²) in [5, 5.41) is 3.13. The van der Waals surface area contributed by atoms with E-state index in [2.05, 4.69) is 16.8 Å². The second-order valence-electron chi connectivity index (χ2n) is 5.07. The van der Waals surface area contributed by atoms with Gasteiger partial charge in [0.15, 0.2) is 0 Å². The molecule has 3 nitrogen and oxygen atoms in total. The lowest BCUT2D eigenvalue weighted by Gasteiger charge is -2.36. The molecule has 1 aromatic heterocycles. The minimum Gasteiger partial charge on any atom is -0.368 e. The van der Waals surface area contributed by atoms with Gasteiger partial charge < -0.3 is 4.74 Å². The molecule has 1 saturated heterocycles. The molecular weight excluding hydrogens is 311 g/mol. The summed E-state index contributed by atoms with van der Waals surface area (Å²) in [7, 11) is 0. The number of ether oxygens (including phenoxy) is 1. The zero-order valence-corrected chi connectivity index (χ0v) is 13.2. The van der Waals surface area contributed by atoms with Gasteiger partial charge >= 0.3 is 0 Å². The van der Waals surface area contributed by atoms with Gasteiger partial charge in [-0.25, -0.2) is 9.37 Å². The molecule has 21 heavy (non-hydrogen) atoms. The van der Waals surface area contributed by atoms with Crippen LogP contribution in [0.2, 0.25) is 5.02 Å². The summed E-state index contributed by atoms with van der Waals surface area (Å²) >= 11 is 7.49. The highest BCUT2D eigenvalue weighted by molar-refractivity contribution is 7.09. The molecule has 0 radical (unpaired) electrons. The Hall–Kier alpha value is -1.01. The fourth-order valence-corrected chi connectivity index (χ4v) is 3.41. The van der Waals surface area contributed by atoms with E-state index in [-0.39, 0.29) is 23.0 Å². The monoisotopic (exact) mass is 326 g/mol. The van der Waals surface area contributed by atoms with Crippen molar-refractivity contribution in [1.29, 1.82) is 0 Å². The van der Waals surface area contributed by atoms with Crippen molar-refractivity contribution in [2.45, 2.75) is 19.1 Å². The van der Waals surface area contributed by atoms with Crippen LogP contribution < -0.4 is 0 Å². The van der Waals surface area contributed by atoms with Crippen molar-refractivity contribution in [3.05, 3.63) is 51.2 Å². The maximum absolute atomic E-state index is 13.3. The summed E-state index contributed by atoms with van der Waals surface area (Å²) in [5.74, 6) is -0.379. The number of rotatable bonds is 3. The van der Waals surface area contributed by atoms with Crippen LogP contribution in [0, 0.1) is 5.82 Å². The fraction of sp³-hybridized carbons (Fsp3) is 0.400. The van der Waals surface area contributed by atoms with Crippen LogP contribution in [0.25, 0.3) is 0 Å². The van der Waals surface area contributed by atoms with Crippen molar-refractivity contribution in [3.8, 4) is 0 Å². The predicted octanol–water partition coefficient (Wildman–Crippen LogP) is 4.07. The van der Waals surface area contributed by atoms with Gasteiger partial charge in [-0.3, -0.25) is 4.90 Å². The Bertz CT molecular complexity index is 608. The SMILES string of the molecule is C[C@@H](c1ccc(F)c(Cl)c1)N1CCO[C@H](c2nccs2)C1. The lowest BCUT2D eigenvalue weighted by atomic mass is 10.1. The van der Waals surface area contributed by atoms with E-state index in [1.165, 1.54) is 6.07 Å². The van der Waals surface area contributed by atoms with Gasteiger partial charge in [-0.05, 0) is 24.6 Å². The molecule has 6 heteroatoms. The topological polar surface area (TPSA) is 25.4 Å². The number of morpholine rings is 1. The Kier molecular flexibility index (Phi) is 4.54. The highest BCUT2D eigenvalue weighted by atomic mass is 35.5. The van der Waals surface area contributed by atoms with Gasteiger partial charge in [0, 0.05) is 30.7 Å². The molecule has 0 saturated carbocycles. The van der Waals surface area contributed by atoms with Crippen molar-refractivity contribution in [2.24, 2.45) is 0 Å². The molecule has 1 aliphatic rings. The fourth-order valence-electron chi connectivity index (χ4n) is 2.55. The van der Waals surface area contributed by atoms with Crippen LogP contribution in [0.5, 0.6) is 0 Å². The minimum absolute atomic E-state index is 0.0112. The number of hydrogen-bond donors (Lipinski definition) is 0. The third-order valence-electron chi connectivity index (χ3n) is 3.80. The molecule has 0 aliphatic carbocycles. The summed E-state index contributed by atoms with van der Waals surface area (Å²) < 4.78 is 19.1. The molecule has 0 amide bonds. The number of thiazole rings is 1. The van der Waals surface area contributed by atoms with Gasteiger partial charge in [0.25, 0.3) is 0 Å². The average molecular weight is 327 g/mol. The Morgan fingerprint density at radius 1 is 1.52 bits per heavy atom. The number of benzene rings is 1. The van der Waals surface area contributed by atoms with Gasteiger partial charge in [0.05, 0.1) is 11.6 Å². The van der Waals surface area contributed by atoms with Crippen LogP contribution in [0.4, 0.5) is 4.39 Å². The molecule has 1 aliphatic heterocycles. The van der Waals surface area contributed by atoms with Gasteiger partial charge in [0.2, 0.25) is 0 Å². The Morgan fingerprint density at radius 3 is 3.10 bits per heavy atom. The quantitative estimate of drug-likeness (QED) is 0.850. The molecule has 0 unspecified atom stereocenters. The second-order valence-corrected chi connectivity index (χ2v) is 6.41. The van der Waals surface area contributed by atoms with Crippen LogP contribution in [0.3, 0.4) is 0 Å². The predicted molar refractivity (Wildman–Crippen MR) is 82.2 cm³/mol. The van der Waals surface area contributed by atoms with Crippen molar-refractivity contribution < 1.29 is 9.13 Å². The van der Waals surface area contributed by atoms with Crippen molar-refractivity contribution >= 4 is 22.9 Å². The summed E-state index contributed by atoms with van der Waals surface area (Å²) in [6.45, 7) is 4.40. The Balaban J connectivity index is 1.74. The molecule has 0 N–H and O–H groups in total. The van der Waals surface area contributed by atoms with E-state index in [1.54, 1.807) is 29.7 Å². The van der Waals surface area contributed by atoms with Gasteiger partial charge in [-0.2, -0.15) is 0 Å². The van der Waals surface area contributed by atoms with E-state index >= 15 is 0 Å². The summed E-state index contributed by atoms with van der Waals surface area (Å²) in [6, 6.07) is 5.08. The Labute approximate surface area is 132 Å². The average Bonchev–Trinajstić information content (AvgIpc) is 3.04. The highest BCUT2D eigenvalue weighted by Crippen LogP contribution is 2.30. The zero-order valence-electron chi connectivity index (χ0n) is 11.6. The lowest BCUT2D eigenvalue weighted by Crippen LogP contribution is -2.39. The molecule has 112 valence electrons. The van der Waals surface area contributed by atoms with Crippen molar-refractivity contribution in [1.82, 2.24) is 9.88 Å². The largest absolute Gasteiger partial charge is 0.368 e. The number of hydrogen-bond acceptors (Lipinski definition) is 4. The van der Waals surface area contributed by atoms with Crippen LogP contribution in [-0.4, -0.2) is 29.6 Å². The first-order valence-electron chi connectivity index (χ1n) is 6.85. The molecule has 2 heterocycles.